The van der Waals surface area contributed by atoms with Crippen LogP contribution in [-0.2, 0) is 84.4 Å². The Morgan fingerprint density at radius 1 is 1.04 bits per heavy atom. The number of aliphatic hydroxyl groups is 2. The van der Waals surface area contributed by atoms with Gasteiger partial charge in [-0.3, -0.25) is 0 Å². The zero-order valence-corrected chi connectivity index (χ0v) is 21.2. The molecule has 2 N–H and O–H groups in total. The smallest absolute Gasteiger partial charge is 0.103 e. The third-order valence-electron chi connectivity index (χ3n) is 5.39. The van der Waals surface area contributed by atoms with Gasteiger partial charge in [-0.2, -0.15) is 0 Å². The number of hydrogen-bond donors (Lipinski definition) is 2. The van der Waals surface area contributed by atoms with Gasteiger partial charge >= 0.3 is 0 Å². The molecule has 2 bridgehead atoms. The predicted molar refractivity (Wildman–Crippen MR) is 85.3 cm³/mol. The summed E-state index contributed by atoms with van der Waals surface area (Å²) in [6.07, 6.45) is 4.11. The van der Waals surface area contributed by atoms with E-state index in [2.05, 4.69) is 0 Å². The van der Waals surface area contributed by atoms with Gasteiger partial charge in [0.25, 0.3) is 0 Å². The van der Waals surface area contributed by atoms with Gasteiger partial charge in [0.05, 0.1) is 39.6 Å². The average Bonchev–Trinajstić information content (AvgIpc) is 3.13. The molecule has 0 aromatic heterocycles. The van der Waals surface area contributed by atoms with Crippen LogP contribution in [0.4, 0.5) is 0 Å². The summed E-state index contributed by atoms with van der Waals surface area (Å²) in [4.78, 5) is 0. The molecule has 0 amide bonds. The summed E-state index contributed by atoms with van der Waals surface area (Å²) < 4.78 is 21.7. The Hall–Kier alpha value is 1.97. The van der Waals surface area contributed by atoms with Gasteiger partial charge < -0.3 is 29.2 Å². The van der Waals surface area contributed by atoms with Crippen molar-refractivity contribution in [3.63, 3.8) is 0 Å². The van der Waals surface area contributed by atoms with E-state index in [4.69, 9.17) is 18.9 Å². The molecule has 25 heavy (non-hydrogen) atoms. The fourth-order valence-corrected chi connectivity index (χ4v) is 4.18. The van der Waals surface area contributed by atoms with Crippen molar-refractivity contribution in [2.75, 3.05) is 53.9 Å². The zero-order chi connectivity index (χ0) is 16.7. The normalized spacial score (nSPS) is 29.8. The number of fused-ring (bicyclic) bond motifs is 2. The van der Waals surface area contributed by atoms with Crippen molar-refractivity contribution in [2.45, 2.75) is 37.9 Å². The minimum absolute atomic E-state index is 0. The van der Waals surface area contributed by atoms with Crippen LogP contribution in [0.25, 0.3) is 0 Å². The molecule has 0 aliphatic heterocycles. The van der Waals surface area contributed by atoms with E-state index >= 15 is 0 Å². The maximum absolute atomic E-state index is 9.73. The van der Waals surface area contributed by atoms with Crippen LogP contribution < -0.4 is 0 Å². The molecule has 0 saturated heterocycles. The Kier molecular flexibility index (Phi) is 15.1. The van der Waals surface area contributed by atoms with E-state index in [9.17, 15) is 10.2 Å². The van der Waals surface area contributed by atoms with Gasteiger partial charge in [0, 0.05) is 85.1 Å². The molecule has 0 aromatic rings. The van der Waals surface area contributed by atoms with Crippen LogP contribution in [0, 0.1) is 17.3 Å². The van der Waals surface area contributed by atoms with Crippen molar-refractivity contribution in [3.8, 4) is 0 Å². The van der Waals surface area contributed by atoms with E-state index in [0.29, 0.717) is 39.0 Å². The Morgan fingerprint density at radius 3 is 2.20 bits per heavy atom. The fourth-order valence-electron chi connectivity index (χ4n) is 4.18. The summed E-state index contributed by atoms with van der Waals surface area (Å²) in [6, 6.07) is 0. The molecule has 5 unspecified atom stereocenters. The second kappa shape index (κ2) is 14.0. The van der Waals surface area contributed by atoms with Gasteiger partial charge in [0.15, 0.2) is 0 Å². The Morgan fingerprint density at radius 2 is 1.72 bits per heavy atom. The van der Waals surface area contributed by atoms with Crippen LogP contribution in [0.15, 0.2) is 0 Å². The molecular formula is C17H32O6Y2. The first-order valence-electron chi connectivity index (χ1n) is 8.59. The third kappa shape index (κ3) is 8.08. The molecule has 142 valence electrons. The van der Waals surface area contributed by atoms with E-state index in [1.807, 2.05) is 0 Å². The van der Waals surface area contributed by atoms with E-state index in [1.165, 1.54) is 19.3 Å². The summed E-state index contributed by atoms with van der Waals surface area (Å²) in [5, 5.41) is 18.9. The maximum Gasteiger partial charge on any atom is 0.103 e. The largest absolute Gasteiger partial charge is 0.394 e. The number of methoxy groups -OCH3 is 2. The summed E-state index contributed by atoms with van der Waals surface area (Å²) >= 11 is 0. The van der Waals surface area contributed by atoms with Gasteiger partial charge in [0.2, 0.25) is 0 Å². The van der Waals surface area contributed by atoms with Crippen molar-refractivity contribution in [1.29, 1.82) is 0 Å². The molecule has 0 spiro atoms. The summed E-state index contributed by atoms with van der Waals surface area (Å²) in [5.74, 6) is 1.43. The van der Waals surface area contributed by atoms with Crippen molar-refractivity contribution in [2.24, 2.45) is 17.3 Å². The molecule has 2 rings (SSSR count). The molecular weight excluding hydrogens is 478 g/mol. The molecule has 2 saturated carbocycles. The first-order valence-corrected chi connectivity index (χ1v) is 8.59. The molecule has 2 radical (unpaired) electrons. The Labute approximate surface area is 201 Å². The Bertz CT molecular complexity index is 345. The fraction of sp³-hybridized carbons (Fsp3) is 1.00. The minimum atomic E-state index is -0.580. The molecule has 2 fully saturated rings. The zero-order valence-electron chi connectivity index (χ0n) is 15.6. The van der Waals surface area contributed by atoms with Crippen LogP contribution >= 0.6 is 0 Å². The topological polar surface area (TPSA) is 77.4 Å². The molecule has 0 aromatic carbocycles. The van der Waals surface area contributed by atoms with Crippen LogP contribution in [-0.4, -0.2) is 76.3 Å². The summed E-state index contributed by atoms with van der Waals surface area (Å²) in [5.41, 5.74) is 0.0451. The van der Waals surface area contributed by atoms with Crippen molar-refractivity contribution in [1.82, 2.24) is 0 Å². The van der Waals surface area contributed by atoms with Crippen LogP contribution in [0.5, 0.6) is 0 Å². The molecule has 6 nitrogen and oxygen atoms in total. The minimum Gasteiger partial charge on any atom is -0.394 e. The summed E-state index contributed by atoms with van der Waals surface area (Å²) in [6.45, 7) is 2.21. The van der Waals surface area contributed by atoms with Gasteiger partial charge in [-0.05, 0) is 31.1 Å². The van der Waals surface area contributed by atoms with Crippen molar-refractivity contribution >= 4 is 0 Å². The van der Waals surface area contributed by atoms with Crippen molar-refractivity contribution in [3.05, 3.63) is 0 Å². The Balaban J connectivity index is 0.00000288. The van der Waals surface area contributed by atoms with E-state index in [-0.39, 0.29) is 83.5 Å². The first-order chi connectivity index (χ1) is 11.1. The van der Waals surface area contributed by atoms with Crippen LogP contribution in [0.2, 0.25) is 0 Å². The average molecular weight is 510 g/mol. The van der Waals surface area contributed by atoms with E-state index in [0.717, 1.165) is 12.3 Å². The number of ether oxygens (including phenoxy) is 4. The molecule has 8 heteroatoms. The number of hydrogen-bond acceptors (Lipinski definition) is 6. The number of aliphatic hydroxyl groups excluding tert-OH is 2. The maximum atomic E-state index is 9.73. The molecule has 2 aliphatic rings. The SMILES string of the molecule is COCC(O)COCC1(COCC(CO)OC)CC2CCC1C2.[Y].[Y]. The quantitative estimate of drug-likeness (QED) is 0.406. The van der Waals surface area contributed by atoms with E-state index in [1.54, 1.807) is 14.2 Å². The second-order valence-corrected chi connectivity index (χ2v) is 7.12. The van der Waals surface area contributed by atoms with Gasteiger partial charge in [-0.1, -0.05) is 6.42 Å². The number of rotatable bonds is 12. The second-order valence-electron chi connectivity index (χ2n) is 7.12. The molecule has 5 atom stereocenters. The standard InChI is InChI=1S/C17H32O6.2Y/c1-20-8-15(19)9-22-11-17(6-13-3-4-14(17)5-13)12-23-10-16(7-18)21-2;;/h13-16,18-19H,3-12H2,1-2H3;;. The van der Waals surface area contributed by atoms with Gasteiger partial charge in [-0.15, -0.1) is 0 Å². The summed E-state index contributed by atoms with van der Waals surface area (Å²) in [7, 11) is 3.15. The van der Waals surface area contributed by atoms with Gasteiger partial charge in [-0.25, -0.2) is 0 Å². The van der Waals surface area contributed by atoms with E-state index < -0.39 is 6.10 Å². The molecule has 0 heterocycles. The van der Waals surface area contributed by atoms with Crippen LogP contribution in [0.3, 0.4) is 0 Å². The third-order valence-corrected chi connectivity index (χ3v) is 5.39. The first kappa shape index (κ1) is 27.0. The van der Waals surface area contributed by atoms with Crippen molar-refractivity contribution < 1.29 is 94.6 Å². The van der Waals surface area contributed by atoms with Gasteiger partial charge in [0.1, 0.15) is 12.2 Å². The molecule has 2 aliphatic carbocycles. The predicted octanol–water partition coefficient (Wildman–Crippen LogP) is 0.836. The monoisotopic (exact) mass is 510 g/mol. The van der Waals surface area contributed by atoms with Crippen LogP contribution in [0.1, 0.15) is 25.7 Å².